The van der Waals surface area contributed by atoms with E-state index in [4.69, 9.17) is 11.6 Å². The average Bonchev–Trinajstić information content (AvgIpc) is 3.31. The van der Waals surface area contributed by atoms with Crippen molar-refractivity contribution in [2.24, 2.45) is 5.41 Å². The van der Waals surface area contributed by atoms with Crippen LogP contribution in [0, 0.1) is 17.0 Å². The number of pyridine rings is 1. The van der Waals surface area contributed by atoms with Gasteiger partial charge in [-0.2, -0.15) is 0 Å². The van der Waals surface area contributed by atoms with Gasteiger partial charge in [-0.15, -0.1) is 0 Å². The van der Waals surface area contributed by atoms with E-state index in [1.807, 2.05) is 4.90 Å². The molecule has 6 nitrogen and oxygen atoms in total. The first-order chi connectivity index (χ1) is 16.9. The normalized spacial score (nSPS) is 16.8. The van der Waals surface area contributed by atoms with Crippen LogP contribution in [0.5, 0.6) is 0 Å². The highest BCUT2D eigenvalue weighted by atomic mass is 35.5. The van der Waals surface area contributed by atoms with Gasteiger partial charge in [-0.1, -0.05) is 42.4 Å². The fourth-order valence-corrected chi connectivity index (χ4v) is 5.62. The molecule has 35 heavy (non-hydrogen) atoms. The van der Waals surface area contributed by atoms with Gasteiger partial charge in [0, 0.05) is 48.7 Å². The minimum Gasteiger partial charge on any atom is -0.355 e. The Morgan fingerprint density at radius 2 is 1.94 bits per heavy atom. The van der Waals surface area contributed by atoms with Crippen LogP contribution in [0.15, 0.2) is 55.5 Å². The molecule has 2 aromatic carbocycles. The van der Waals surface area contributed by atoms with Crippen LogP contribution in [-0.2, 0) is 4.79 Å². The lowest BCUT2D eigenvalue weighted by Crippen LogP contribution is -2.58. The minimum absolute atomic E-state index is 0.00559. The van der Waals surface area contributed by atoms with Crippen molar-refractivity contribution in [3.63, 3.8) is 0 Å². The van der Waals surface area contributed by atoms with E-state index in [0.717, 1.165) is 6.42 Å². The number of rotatable bonds is 3. The second-order valence-corrected chi connectivity index (χ2v) is 9.59. The van der Waals surface area contributed by atoms with Crippen LogP contribution >= 0.6 is 11.6 Å². The molecule has 1 amide bonds. The number of halogens is 3. The van der Waals surface area contributed by atoms with Gasteiger partial charge in [0.25, 0.3) is 0 Å². The number of amides is 1. The summed E-state index contributed by atoms with van der Waals surface area (Å²) in [6.07, 6.45) is 5.15. The molecular formula is C26H20ClF2N5O. The summed E-state index contributed by atoms with van der Waals surface area (Å²) in [6.45, 7) is 6.37. The molecule has 4 aromatic rings. The number of nitrogens with zero attached hydrogens (tertiary/aromatic N) is 5. The van der Waals surface area contributed by atoms with Gasteiger partial charge in [0.1, 0.15) is 29.2 Å². The van der Waals surface area contributed by atoms with Crippen molar-refractivity contribution in [2.75, 3.05) is 31.1 Å². The van der Waals surface area contributed by atoms with Crippen molar-refractivity contribution in [3.8, 4) is 11.3 Å². The SMILES string of the molecule is C=CC(=O)N1CCC2(C1)CN(c1ncnc3c(F)c(-c4cccc5ccc(F)c(Cl)c45)ncc13)C2. The third kappa shape index (κ3) is 3.35. The van der Waals surface area contributed by atoms with Gasteiger partial charge >= 0.3 is 0 Å². The molecule has 4 heterocycles. The summed E-state index contributed by atoms with van der Waals surface area (Å²) in [5.41, 5.74) is 0.591. The van der Waals surface area contributed by atoms with Crippen LogP contribution in [0.2, 0.25) is 5.02 Å². The summed E-state index contributed by atoms with van der Waals surface area (Å²) in [6, 6.07) is 8.10. The lowest BCUT2D eigenvalue weighted by molar-refractivity contribution is -0.125. The quantitative estimate of drug-likeness (QED) is 0.377. The summed E-state index contributed by atoms with van der Waals surface area (Å²) in [4.78, 5) is 28.9. The highest BCUT2D eigenvalue weighted by Crippen LogP contribution is 2.43. The number of hydrogen-bond acceptors (Lipinski definition) is 5. The Morgan fingerprint density at radius 1 is 1.11 bits per heavy atom. The molecule has 6 rings (SSSR count). The number of carbonyl (C=O) groups is 1. The molecule has 9 heteroatoms. The average molecular weight is 492 g/mol. The Bertz CT molecular complexity index is 1540. The number of carbonyl (C=O) groups excluding carboxylic acids is 1. The number of benzene rings is 2. The fraction of sp³-hybridized carbons (Fsp3) is 0.231. The summed E-state index contributed by atoms with van der Waals surface area (Å²) < 4.78 is 30.0. The molecule has 0 bridgehead atoms. The lowest BCUT2D eigenvalue weighted by atomic mass is 9.79. The van der Waals surface area contributed by atoms with Crippen molar-refractivity contribution in [3.05, 3.63) is 72.2 Å². The first kappa shape index (κ1) is 21.9. The van der Waals surface area contributed by atoms with Crippen molar-refractivity contribution in [1.82, 2.24) is 19.9 Å². The highest BCUT2D eigenvalue weighted by Gasteiger charge is 2.49. The van der Waals surface area contributed by atoms with Crippen molar-refractivity contribution < 1.29 is 13.6 Å². The minimum atomic E-state index is -0.613. The maximum absolute atomic E-state index is 15.8. The summed E-state index contributed by atoms with van der Waals surface area (Å²) in [5, 5.41) is 1.51. The van der Waals surface area contributed by atoms with Crippen LogP contribution in [-0.4, -0.2) is 51.9 Å². The second kappa shape index (κ2) is 7.95. The molecule has 176 valence electrons. The van der Waals surface area contributed by atoms with Gasteiger partial charge in [-0.05, 0) is 23.9 Å². The molecule has 0 aliphatic carbocycles. The van der Waals surface area contributed by atoms with Gasteiger partial charge in [0.15, 0.2) is 5.82 Å². The predicted molar refractivity (Wildman–Crippen MR) is 131 cm³/mol. The number of aromatic nitrogens is 3. The Balaban J connectivity index is 1.37. The molecule has 2 aromatic heterocycles. The predicted octanol–water partition coefficient (Wildman–Crippen LogP) is 5.00. The van der Waals surface area contributed by atoms with Gasteiger partial charge in [-0.25, -0.2) is 18.7 Å². The van der Waals surface area contributed by atoms with E-state index in [9.17, 15) is 9.18 Å². The Kier molecular flexibility index (Phi) is 4.96. The largest absolute Gasteiger partial charge is 0.355 e. The second-order valence-electron chi connectivity index (χ2n) is 9.22. The summed E-state index contributed by atoms with van der Waals surface area (Å²) in [5.74, 6) is -0.642. The van der Waals surface area contributed by atoms with Gasteiger partial charge in [-0.3, -0.25) is 9.78 Å². The van der Waals surface area contributed by atoms with Gasteiger partial charge < -0.3 is 9.80 Å². The molecule has 2 aliphatic rings. The van der Waals surface area contributed by atoms with E-state index in [2.05, 4.69) is 26.4 Å². The van der Waals surface area contributed by atoms with Crippen LogP contribution in [0.25, 0.3) is 32.9 Å². The lowest BCUT2D eigenvalue weighted by Gasteiger charge is -2.48. The topological polar surface area (TPSA) is 62.2 Å². The van der Waals surface area contributed by atoms with Crippen molar-refractivity contribution in [1.29, 1.82) is 0 Å². The van der Waals surface area contributed by atoms with Gasteiger partial charge in [0.2, 0.25) is 5.91 Å². The van der Waals surface area contributed by atoms with E-state index >= 15 is 4.39 Å². The maximum Gasteiger partial charge on any atom is 0.245 e. The monoisotopic (exact) mass is 491 g/mol. The zero-order valence-electron chi connectivity index (χ0n) is 18.6. The van der Waals surface area contributed by atoms with E-state index in [-0.39, 0.29) is 27.6 Å². The Labute approximate surface area is 204 Å². The standard InChI is InChI=1S/C26H20ClF2N5O/c1-2-19(35)33-9-8-26(11-33)12-34(13-26)25-17-10-30-23(22(29)24(17)31-14-32-25)16-5-3-4-15-6-7-18(28)21(27)20(15)16/h2-7,10,14H,1,8-9,11-13H2. The molecule has 2 saturated heterocycles. The molecule has 2 aliphatic heterocycles. The van der Waals surface area contributed by atoms with E-state index in [1.54, 1.807) is 30.5 Å². The van der Waals surface area contributed by atoms with Crippen LogP contribution in [0.1, 0.15) is 6.42 Å². The van der Waals surface area contributed by atoms with Gasteiger partial charge in [0.05, 0.1) is 10.4 Å². The van der Waals surface area contributed by atoms with Crippen molar-refractivity contribution in [2.45, 2.75) is 6.42 Å². The van der Waals surface area contributed by atoms with E-state index < -0.39 is 11.6 Å². The number of likely N-dealkylation sites (tertiary alicyclic amines) is 1. The molecule has 2 fully saturated rings. The molecule has 0 radical (unpaired) electrons. The third-order valence-electron chi connectivity index (χ3n) is 7.07. The molecular weight excluding hydrogens is 472 g/mol. The highest BCUT2D eigenvalue weighted by molar-refractivity contribution is 6.36. The molecule has 0 unspecified atom stereocenters. The maximum atomic E-state index is 15.8. The van der Waals surface area contributed by atoms with Crippen LogP contribution in [0.4, 0.5) is 14.6 Å². The Morgan fingerprint density at radius 3 is 2.74 bits per heavy atom. The first-order valence-corrected chi connectivity index (χ1v) is 11.6. The number of anilines is 1. The third-order valence-corrected chi connectivity index (χ3v) is 7.44. The zero-order chi connectivity index (χ0) is 24.3. The van der Waals surface area contributed by atoms with Crippen LogP contribution in [0.3, 0.4) is 0 Å². The van der Waals surface area contributed by atoms with E-state index in [0.29, 0.717) is 53.7 Å². The number of hydrogen-bond donors (Lipinski definition) is 0. The first-order valence-electron chi connectivity index (χ1n) is 11.2. The van der Waals surface area contributed by atoms with Crippen LogP contribution < -0.4 is 4.90 Å². The molecule has 0 atom stereocenters. The fourth-order valence-electron chi connectivity index (χ4n) is 5.35. The summed E-state index contributed by atoms with van der Waals surface area (Å²) >= 11 is 6.26. The van der Waals surface area contributed by atoms with Crippen molar-refractivity contribution >= 4 is 45.0 Å². The Hall–Kier alpha value is -3.65. The smallest absolute Gasteiger partial charge is 0.245 e. The number of fused-ring (bicyclic) bond motifs is 2. The zero-order valence-corrected chi connectivity index (χ0v) is 19.4. The van der Waals surface area contributed by atoms with E-state index in [1.165, 1.54) is 18.5 Å². The molecule has 0 N–H and O–H groups in total. The summed E-state index contributed by atoms with van der Waals surface area (Å²) in [7, 11) is 0. The molecule has 0 saturated carbocycles. The molecule has 1 spiro atoms.